The highest BCUT2D eigenvalue weighted by Crippen LogP contribution is 2.17. The van der Waals surface area contributed by atoms with E-state index < -0.39 is 11.0 Å². The Balaban J connectivity index is 1.94. The summed E-state index contributed by atoms with van der Waals surface area (Å²) in [7, 11) is 0. The Hall–Kier alpha value is -2.25. The maximum atomic E-state index is 11.9. The first kappa shape index (κ1) is 16.1. The molecule has 1 unspecified atom stereocenters. The van der Waals surface area contributed by atoms with E-state index in [9.17, 15) is 20.0 Å². The molecule has 1 atom stereocenters. The van der Waals surface area contributed by atoms with E-state index in [2.05, 4.69) is 21.2 Å². The minimum absolute atomic E-state index is 0.0205. The molecule has 0 spiro atoms. The minimum atomic E-state index is -0.930. The van der Waals surface area contributed by atoms with Crippen molar-refractivity contribution in [3.05, 3.63) is 74.2 Å². The number of hydrogen-bond acceptors (Lipinski definition) is 4. The summed E-state index contributed by atoms with van der Waals surface area (Å²) < 4.78 is 0.870. The molecule has 7 heteroatoms. The van der Waals surface area contributed by atoms with Gasteiger partial charge in [-0.1, -0.05) is 15.9 Å². The van der Waals surface area contributed by atoms with Crippen molar-refractivity contribution in [2.24, 2.45) is 0 Å². The van der Waals surface area contributed by atoms with Crippen molar-refractivity contribution in [1.82, 2.24) is 5.32 Å². The van der Waals surface area contributed by atoms with Crippen LogP contribution in [0.1, 0.15) is 22.0 Å². The Kier molecular flexibility index (Phi) is 5.24. The van der Waals surface area contributed by atoms with Crippen molar-refractivity contribution in [3.63, 3.8) is 0 Å². The van der Waals surface area contributed by atoms with Crippen molar-refractivity contribution in [2.75, 3.05) is 6.54 Å². The molecule has 0 aliphatic rings. The predicted molar refractivity (Wildman–Crippen MR) is 84.5 cm³/mol. The molecule has 1 amide bonds. The number of aliphatic hydroxyl groups excluding tert-OH is 1. The highest BCUT2D eigenvalue weighted by Gasteiger charge is 2.12. The maximum Gasteiger partial charge on any atom is 0.269 e. The van der Waals surface area contributed by atoms with E-state index in [1.165, 1.54) is 24.3 Å². The van der Waals surface area contributed by atoms with Crippen LogP contribution in [0.15, 0.2) is 53.0 Å². The molecular formula is C15H13BrN2O4. The van der Waals surface area contributed by atoms with Gasteiger partial charge in [-0.25, -0.2) is 0 Å². The molecule has 0 bridgehead atoms. The largest absolute Gasteiger partial charge is 0.387 e. The molecule has 0 heterocycles. The van der Waals surface area contributed by atoms with Crippen molar-refractivity contribution in [3.8, 4) is 0 Å². The zero-order valence-corrected chi connectivity index (χ0v) is 13.0. The third kappa shape index (κ3) is 4.12. The van der Waals surface area contributed by atoms with Gasteiger partial charge >= 0.3 is 0 Å². The zero-order valence-electron chi connectivity index (χ0n) is 11.4. The van der Waals surface area contributed by atoms with Crippen LogP contribution in [-0.4, -0.2) is 22.5 Å². The SMILES string of the molecule is O=C(NCC(O)c1ccc([N+](=O)[O-])cc1)c1ccc(Br)cc1. The van der Waals surface area contributed by atoms with Crippen molar-refractivity contribution in [1.29, 1.82) is 0 Å². The molecule has 114 valence electrons. The average Bonchev–Trinajstić information content (AvgIpc) is 2.53. The first-order valence-corrected chi connectivity index (χ1v) is 7.23. The summed E-state index contributed by atoms with van der Waals surface area (Å²) in [6, 6.07) is 12.4. The smallest absolute Gasteiger partial charge is 0.269 e. The molecule has 2 N–H and O–H groups in total. The molecule has 0 aliphatic carbocycles. The summed E-state index contributed by atoms with van der Waals surface area (Å²) in [5.41, 5.74) is 0.940. The number of carbonyl (C=O) groups excluding carboxylic acids is 1. The molecule has 22 heavy (non-hydrogen) atoms. The van der Waals surface area contributed by atoms with Crippen LogP contribution in [0.5, 0.6) is 0 Å². The summed E-state index contributed by atoms with van der Waals surface area (Å²) in [6.45, 7) is 0.0205. The van der Waals surface area contributed by atoms with E-state index in [1.807, 2.05) is 0 Å². The lowest BCUT2D eigenvalue weighted by molar-refractivity contribution is -0.384. The number of halogens is 1. The van der Waals surface area contributed by atoms with Gasteiger partial charge in [-0.3, -0.25) is 14.9 Å². The summed E-state index contributed by atoms with van der Waals surface area (Å²) in [4.78, 5) is 22.0. The number of nitro benzene ring substituents is 1. The van der Waals surface area contributed by atoms with Crippen molar-refractivity contribution < 1.29 is 14.8 Å². The molecule has 0 aromatic heterocycles. The highest BCUT2D eigenvalue weighted by atomic mass is 79.9. The molecule has 0 aliphatic heterocycles. The summed E-state index contributed by atoms with van der Waals surface area (Å²) in [6.07, 6.45) is -0.930. The fraction of sp³-hybridized carbons (Fsp3) is 0.133. The van der Waals surface area contributed by atoms with Crippen LogP contribution in [0.4, 0.5) is 5.69 Å². The first-order chi connectivity index (χ1) is 10.5. The van der Waals surface area contributed by atoms with Crippen LogP contribution in [-0.2, 0) is 0 Å². The van der Waals surface area contributed by atoms with Gasteiger partial charge in [0.2, 0.25) is 0 Å². The molecule has 2 rings (SSSR count). The van der Waals surface area contributed by atoms with Gasteiger partial charge in [0.1, 0.15) is 0 Å². The van der Waals surface area contributed by atoms with Gasteiger partial charge in [0.25, 0.3) is 11.6 Å². The number of rotatable bonds is 5. The monoisotopic (exact) mass is 364 g/mol. The van der Waals surface area contributed by atoms with E-state index in [4.69, 9.17) is 0 Å². The number of benzene rings is 2. The Morgan fingerprint density at radius 1 is 1.18 bits per heavy atom. The molecule has 0 radical (unpaired) electrons. The summed E-state index contributed by atoms with van der Waals surface area (Å²) >= 11 is 3.28. The van der Waals surface area contributed by atoms with E-state index in [0.717, 1.165) is 4.47 Å². The quantitative estimate of drug-likeness (QED) is 0.630. The second-order valence-electron chi connectivity index (χ2n) is 4.58. The molecule has 0 saturated carbocycles. The third-order valence-corrected chi connectivity index (χ3v) is 3.58. The normalized spacial score (nSPS) is 11.7. The van der Waals surface area contributed by atoms with Crippen LogP contribution in [0.2, 0.25) is 0 Å². The van der Waals surface area contributed by atoms with Gasteiger partial charge in [-0.2, -0.15) is 0 Å². The van der Waals surface area contributed by atoms with Gasteiger partial charge < -0.3 is 10.4 Å². The van der Waals surface area contributed by atoms with Crippen LogP contribution < -0.4 is 5.32 Å². The molecule has 6 nitrogen and oxygen atoms in total. The highest BCUT2D eigenvalue weighted by molar-refractivity contribution is 9.10. The molecule has 0 fully saturated rings. The van der Waals surface area contributed by atoms with Crippen molar-refractivity contribution in [2.45, 2.75) is 6.10 Å². The number of aliphatic hydroxyl groups is 1. The Morgan fingerprint density at radius 2 is 1.77 bits per heavy atom. The van der Waals surface area contributed by atoms with Crippen LogP contribution >= 0.6 is 15.9 Å². The van der Waals surface area contributed by atoms with Gasteiger partial charge in [-0.15, -0.1) is 0 Å². The summed E-state index contributed by atoms with van der Waals surface area (Å²) in [5, 5.41) is 23.2. The van der Waals surface area contributed by atoms with Gasteiger partial charge in [0.05, 0.1) is 11.0 Å². The van der Waals surface area contributed by atoms with E-state index in [-0.39, 0.29) is 18.1 Å². The lowest BCUT2D eigenvalue weighted by Gasteiger charge is -2.12. The van der Waals surface area contributed by atoms with E-state index in [0.29, 0.717) is 11.1 Å². The number of amides is 1. The number of non-ortho nitro benzene ring substituents is 1. The molecular weight excluding hydrogens is 352 g/mol. The lowest BCUT2D eigenvalue weighted by atomic mass is 10.1. The standard InChI is InChI=1S/C15H13BrN2O4/c16-12-5-1-11(2-6-12)15(20)17-9-14(19)10-3-7-13(8-4-10)18(21)22/h1-8,14,19H,9H2,(H,17,20). The summed E-state index contributed by atoms with van der Waals surface area (Å²) in [5.74, 6) is -0.298. The predicted octanol–water partition coefficient (Wildman–Crippen LogP) is 2.82. The number of nitrogens with zero attached hydrogens (tertiary/aromatic N) is 1. The Morgan fingerprint density at radius 3 is 2.32 bits per heavy atom. The Labute approximate surface area is 135 Å². The van der Waals surface area contributed by atoms with Gasteiger partial charge in [0.15, 0.2) is 0 Å². The number of hydrogen-bond donors (Lipinski definition) is 2. The average molecular weight is 365 g/mol. The van der Waals surface area contributed by atoms with Gasteiger partial charge in [-0.05, 0) is 42.0 Å². The van der Waals surface area contributed by atoms with Crippen LogP contribution in [0, 0.1) is 10.1 Å². The van der Waals surface area contributed by atoms with Gasteiger partial charge in [0, 0.05) is 28.7 Å². The fourth-order valence-electron chi connectivity index (χ4n) is 1.83. The second kappa shape index (κ2) is 7.15. The Bertz CT molecular complexity index is 671. The third-order valence-electron chi connectivity index (χ3n) is 3.05. The minimum Gasteiger partial charge on any atom is -0.387 e. The van der Waals surface area contributed by atoms with E-state index >= 15 is 0 Å². The zero-order chi connectivity index (χ0) is 16.1. The fourth-order valence-corrected chi connectivity index (χ4v) is 2.09. The number of nitrogens with one attached hydrogen (secondary N) is 1. The van der Waals surface area contributed by atoms with E-state index in [1.54, 1.807) is 24.3 Å². The number of carbonyl (C=O) groups is 1. The maximum absolute atomic E-state index is 11.9. The molecule has 0 saturated heterocycles. The first-order valence-electron chi connectivity index (χ1n) is 6.43. The van der Waals surface area contributed by atoms with Crippen molar-refractivity contribution >= 4 is 27.5 Å². The van der Waals surface area contributed by atoms with Crippen LogP contribution in [0.25, 0.3) is 0 Å². The second-order valence-corrected chi connectivity index (χ2v) is 5.50. The van der Waals surface area contributed by atoms with Crippen LogP contribution in [0.3, 0.4) is 0 Å². The molecule has 2 aromatic carbocycles. The molecule has 2 aromatic rings. The lowest BCUT2D eigenvalue weighted by Crippen LogP contribution is -2.28. The number of nitro groups is 1. The topological polar surface area (TPSA) is 92.5 Å².